The third-order valence-electron chi connectivity index (χ3n) is 7.73. The second-order valence-electron chi connectivity index (χ2n) is 10.3. The summed E-state index contributed by atoms with van der Waals surface area (Å²) in [5, 5.41) is 9.96. The normalized spacial score (nSPS) is 19.3. The Morgan fingerprint density at radius 3 is 1.97 bits per heavy atom. The van der Waals surface area contributed by atoms with Crippen molar-refractivity contribution in [2.75, 3.05) is 45.9 Å². The van der Waals surface area contributed by atoms with Crippen LogP contribution >= 0.6 is 0 Å². The Morgan fingerprint density at radius 2 is 1.46 bits per heavy atom. The van der Waals surface area contributed by atoms with Gasteiger partial charge in [-0.15, -0.1) is 0 Å². The van der Waals surface area contributed by atoms with Crippen molar-refractivity contribution in [2.24, 2.45) is 0 Å². The van der Waals surface area contributed by atoms with Gasteiger partial charge in [0.05, 0.1) is 30.9 Å². The molecule has 214 valence electrons. The Morgan fingerprint density at radius 1 is 0.897 bits per heavy atom. The number of amides is 1. The molecule has 1 amide bonds. The minimum absolute atomic E-state index is 0.0383. The smallest absolute Gasteiger partial charge is 0.393 e. The van der Waals surface area contributed by atoms with E-state index in [-0.39, 0.29) is 18.6 Å². The summed E-state index contributed by atoms with van der Waals surface area (Å²) in [5.41, 5.74) is -3.06. The molecule has 0 spiro atoms. The van der Waals surface area contributed by atoms with Gasteiger partial charge in [0.25, 0.3) is 0 Å². The van der Waals surface area contributed by atoms with Gasteiger partial charge in [-0.1, -0.05) is 30.3 Å². The number of nitrogens with zero attached hydrogens (tertiary/aromatic N) is 2. The third-order valence-corrected chi connectivity index (χ3v) is 7.73. The van der Waals surface area contributed by atoms with Crippen LogP contribution in [0.5, 0.6) is 0 Å². The van der Waals surface area contributed by atoms with Crippen molar-refractivity contribution in [3.05, 3.63) is 70.8 Å². The zero-order valence-corrected chi connectivity index (χ0v) is 21.4. The van der Waals surface area contributed by atoms with E-state index in [9.17, 15) is 36.2 Å². The number of rotatable bonds is 8. The van der Waals surface area contributed by atoms with Crippen molar-refractivity contribution >= 4 is 5.91 Å². The second kappa shape index (κ2) is 11.9. The van der Waals surface area contributed by atoms with Crippen LogP contribution in [-0.2, 0) is 27.3 Å². The molecule has 2 aliphatic heterocycles. The Kier molecular flexibility index (Phi) is 8.92. The lowest BCUT2D eigenvalue weighted by atomic mass is 9.73. The van der Waals surface area contributed by atoms with Gasteiger partial charge in [-0.25, -0.2) is 0 Å². The summed E-state index contributed by atoms with van der Waals surface area (Å²) in [5.74, 6) is 0.0383. The molecule has 0 radical (unpaired) electrons. The van der Waals surface area contributed by atoms with Crippen LogP contribution in [0.2, 0.25) is 0 Å². The van der Waals surface area contributed by atoms with Crippen molar-refractivity contribution < 1.29 is 41.0 Å². The number of hydrogen-bond acceptors (Lipinski definition) is 4. The predicted molar refractivity (Wildman–Crippen MR) is 132 cm³/mol. The topological polar surface area (TPSA) is 53.0 Å². The van der Waals surface area contributed by atoms with Crippen molar-refractivity contribution in [2.45, 2.75) is 49.6 Å². The molecule has 2 aliphatic rings. The van der Waals surface area contributed by atoms with Crippen LogP contribution in [0.1, 0.15) is 54.0 Å². The second-order valence-corrected chi connectivity index (χ2v) is 10.3. The SMILES string of the molecule is O=C(CN1CCCC1)N1CCC(COC(CO)c2cc(C(F)(F)F)cc(C(F)(F)F)c2)(c2ccccc2)CC1. The molecule has 2 aromatic carbocycles. The number of carbonyl (C=O) groups excluding carboxylic acids is 1. The van der Waals surface area contributed by atoms with Crippen molar-refractivity contribution in [3.63, 3.8) is 0 Å². The maximum atomic E-state index is 13.4. The summed E-state index contributed by atoms with van der Waals surface area (Å²) < 4.78 is 86.2. The van der Waals surface area contributed by atoms with Gasteiger partial charge in [0.1, 0.15) is 6.10 Å². The van der Waals surface area contributed by atoms with Gasteiger partial charge in [-0.3, -0.25) is 9.69 Å². The molecule has 1 atom stereocenters. The molecular formula is C28H32F6N2O3. The summed E-state index contributed by atoms with van der Waals surface area (Å²) in [7, 11) is 0. The molecule has 39 heavy (non-hydrogen) atoms. The highest BCUT2D eigenvalue weighted by Gasteiger charge is 2.40. The largest absolute Gasteiger partial charge is 0.416 e. The molecule has 0 aromatic heterocycles. The maximum absolute atomic E-state index is 13.4. The van der Waals surface area contributed by atoms with E-state index in [2.05, 4.69) is 4.90 Å². The fraction of sp³-hybridized carbons (Fsp3) is 0.536. The molecule has 5 nitrogen and oxygen atoms in total. The molecule has 1 N–H and O–H groups in total. The van der Waals surface area contributed by atoms with Gasteiger partial charge in [-0.05, 0) is 68.1 Å². The van der Waals surface area contributed by atoms with Crippen LogP contribution in [0.3, 0.4) is 0 Å². The van der Waals surface area contributed by atoms with E-state index in [1.54, 1.807) is 4.90 Å². The van der Waals surface area contributed by atoms with Crippen LogP contribution < -0.4 is 0 Å². The average Bonchev–Trinajstić information content (AvgIpc) is 3.42. The predicted octanol–water partition coefficient (Wildman–Crippen LogP) is 5.43. The zero-order chi connectivity index (χ0) is 28.3. The number of aliphatic hydroxyl groups is 1. The maximum Gasteiger partial charge on any atom is 0.416 e. The lowest BCUT2D eigenvalue weighted by molar-refractivity contribution is -0.143. The number of halogens is 6. The molecule has 2 fully saturated rings. The summed E-state index contributed by atoms with van der Waals surface area (Å²) >= 11 is 0. The van der Waals surface area contributed by atoms with E-state index in [0.717, 1.165) is 31.5 Å². The Balaban J connectivity index is 1.54. The Labute approximate surface area is 223 Å². The van der Waals surface area contributed by atoms with Gasteiger partial charge < -0.3 is 14.7 Å². The van der Waals surface area contributed by atoms with Crippen LogP contribution in [0.15, 0.2) is 48.5 Å². The molecule has 0 saturated carbocycles. The highest BCUT2D eigenvalue weighted by molar-refractivity contribution is 5.78. The number of hydrogen-bond donors (Lipinski definition) is 1. The third kappa shape index (κ3) is 7.12. The number of benzene rings is 2. The molecule has 1 unspecified atom stereocenters. The summed E-state index contributed by atoms with van der Waals surface area (Å²) in [6, 6.07) is 10.5. The number of ether oxygens (including phenoxy) is 1. The molecule has 11 heteroatoms. The fourth-order valence-corrected chi connectivity index (χ4v) is 5.40. The van der Waals surface area contributed by atoms with E-state index in [1.165, 1.54) is 0 Å². The number of aliphatic hydroxyl groups excluding tert-OH is 1. The van der Waals surface area contributed by atoms with Gasteiger partial charge >= 0.3 is 12.4 Å². The van der Waals surface area contributed by atoms with Gasteiger partial charge in [0, 0.05) is 18.5 Å². The first-order valence-corrected chi connectivity index (χ1v) is 13.0. The Hall–Kier alpha value is -2.63. The summed E-state index contributed by atoms with van der Waals surface area (Å²) in [6.07, 6.45) is -8.27. The quantitative estimate of drug-likeness (QED) is 0.439. The van der Waals surface area contributed by atoms with E-state index >= 15 is 0 Å². The molecular weight excluding hydrogens is 526 g/mol. The Bertz CT molecular complexity index is 1080. The molecule has 2 aromatic rings. The fourth-order valence-electron chi connectivity index (χ4n) is 5.40. The van der Waals surface area contributed by atoms with E-state index in [1.807, 2.05) is 30.3 Å². The first-order valence-electron chi connectivity index (χ1n) is 13.0. The zero-order valence-electron chi connectivity index (χ0n) is 21.4. The summed E-state index contributed by atoms with van der Waals surface area (Å²) in [4.78, 5) is 16.8. The number of likely N-dealkylation sites (tertiary alicyclic amines) is 2. The highest BCUT2D eigenvalue weighted by atomic mass is 19.4. The first kappa shape index (κ1) is 29.4. The molecule has 4 rings (SSSR count). The lowest BCUT2D eigenvalue weighted by Crippen LogP contribution is -2.49. The highest BCUT2D eigenvalue weighted by Crippen LogP contribution is 2.40. The minimum atomic E-state index is -5.00. The van der Waals surface area contributed by atoms with Gasteiger partial charge in [-0.2, -0.15) is 26.3 Å². The van der Waals surface area contributed by atoms with Gasteiger partial charge in [0.2, 0.25) is 5.91 Å². The van der Waals surface area contributed by atoms with Gasteiger partial charge in [0.15, 0.2) is 0 Å². The lowest BCUT2D eigenvalue weighted by Gasteiger charge is -2.43. The van der Waals surface area contributed by atoms with Crippen molar-refractivity contribution in [1.29, 1.82) is 0 Å². The standard InChI is InChI=1S/C28H32F6N2O3/c29-27(30,31)22-14-20(15-23(16-22)28(32,33)34)24(18-37)39-19-26(21-6-2-1-3-7-21)8-12-36(13-9-26)25(38)17-35-10-4-5-11-35/h1-3,6-7,14-16,24,37H,4-5,8-13,17-19H2. The molecule has 2 heterocycles. The molecule has 0 aliphatic carbocycles. The van der Waals surface area contributed by atoms with E-state index in [0.29, 0.717) is 44.6 Å². The molecule has 0 bridgehead atoms. The monoisotopic (exact) mass is 558 g/mol. The average molecular weight is 559 g/mol. The first-order chi connectivity index (χ1) is 18.4. The van der Waals surface area contributed by atoms with Crippen LogP contribution in [0, 0.1) is 0 Å². The van der Waals surface area contributed by atoms with Crippen LogP contribution in [0.4, 0.5) is 26.3 Å². The van der Waals surface area contributed by atoms with Crippen LogP contribution in [-0.4, -0.2) is 66.8 Å². The van der Waals surface area contributed by atoms with Crippen molar-refractivity contribution in [3.8, 4) is 0 Å². The summed E-state index contributed by atoms with van der Waals surface area (Å²) in [6.45, 7) is 2.19. The minimum Gasteiger partial charge on any atom is -0.393 e. The van der Waals surface area contributed by atoms with E-state index in [4.69, 9.17) is 4.74 Å². The van der Waals surface area contributed by atoms with Crippen molar-refractivity contribution in [1.82, 2.24) is 9.80 Å². The van der Waals surface area contributed by atoms with E-state index < -0.39 is 47.2 Å². The number of carbonyl (C=O) groups is 1. The number of alkyl halides is 6. The molecule has 2 saturated heterocycles. The number of piperidine rings is 1. The van der Waals surface area contributed by atoms with Crippen LogP contribution in [0.25, 0.3) is 0 Å².